The first-order chi connectivity index (χ1) is 14.2. The zero-order valence-electron chi connectivity index (χ0n) is 16.0. The zero-order chi connectivity index (χ0) is 20.1. The van der Waals surface area contributed by atoms with Gasteiger partial charge in [-0.2, -0.15) is 5.10 Å². The lowest BCUT2D eigenvalue weighted by molar-refractivity contribution is -0.0350. The molecule has 4 rings (SSSR count). The van der Waals surface area contributed by atoms with Crippen molar-refractivity contribution in [3.8, 4) is 5.75 Å². The monoisotopic (exact) mass is 399 g/mol. The zero-order valence-corrected chi connectivity index (χ0v) is 16.0. The van der Waals surface area contributed by atoms with Crippen LogP contribution in [0.2, 0.25) is 0 Å². The molecule has 1 aromatic heterocycles. The molecule has 0 radical (unpaired) electrons. The summed E-state index contributed by atoms with van der Waals surface area (Å²) in [5.74, 6) is -0.342. The average molecular weight is 399 g/mol. The first-order valence-corrected chi connectivity index (χ1v) is 9.67. The van der Waals surface area contributed by atoms with E-state index < -0.39 is 0 Å². The van der Waals surface area contributed by atoms with Gasteiger partial charge in [0.15, 0.2) is 11.6 Å². The van der Waals surface area contributed by atoms with Crippen molar-refractivity contribution in [2.75, 3.05) is 26.3 Å². The van der Waals surface area contributed by atoms with Crippen LogP contribution in [0.4, 0.5) is 8.78 Å². The van der Waals surface area contributed by atoms with Gasteiger partial charge in [-0.25, -0.2) is 8.78 Å². The predicted molar refractivity (Wildman–Crippen MR) is 105 cm³/mol. The summed E-state index contributed by atoms with van der Waals surface area (Å²) in [4.78, 5) is 2.27. The molecule has 29 heavy (non-hydrogen) atoms. The van der Waals surface area contributed by atoms with Crippen LogP contribution in [0.1, 0.15) is 23.1 Å². The van der Waals surface area contributed by atoms with Crippen LogP contribution in [0.5, 0.6) is 5.75 Å². The van der Waals surface area contributed by atoms with E-state index >= 15 is 0 Å². The quantitative estimate of drug-likeness (QED) is 0.655. The number of aromatic amines is 1. The van der Waals surface area contributed by atoms with Gasteiger partial charge in [0.1, 0.15) is 11.9 Å². The number of hydrogen-bond acceptors (Lipinski definition) is 4. The second kappa shape index (κ2) is 9.15. The van der Waals surface area contributed by atoms with E-state index in [0.29, 0.717) is 26.2 Å². The van der Waals surface area contributed by atoms with E-state index in [4.69, 9.17) is 9.47 Å². The topological polar surface area (TPSA) is 50.4 Å². The number of morpholine rings is 1. The van der Waals surface area contributed by atoms with Crippen molar-refractivity contribution < 1.29 is 18.3 Å². The van der Waals surface area contributed by atoms with Crippen molar-refractivity contribution in [3.63, 3.8) is 0 Å². The maximum atomic E-state index is 13.6. The molecule has 0 bridgehead atoms. The summed E-state index contributed by atoms with van der Waals surface area (Å²) in [6, 6.07) is 14.9. The molecule has 3 aromatic rings. The maximum Gasteiger partial charge on any atom is 0.165 e. The van der Waals surface area contributed by atoms with Crippen molar-refractivity contribution in [1.82, 2.24) is 15.1 Å². The van der Waals surface area contributed by atoms with Gasteiger partial charge in [0, 0.05) is 31.7 Å². The Morgan fingerprint density at radius 2 is 1.97 bits per heavy atom. The standard InChI is InChI=1S/C22H23F2N3O2/c23-17-7-5-16(6-8-17)14-27-10-12-29-22(15-27)20-13-18(25-26-20)9-11-28-21-4-2-1-3-19(21)24/h1-8,13,22H,9-12,14-15H2,(H,25,26)/t22-/m1/s1. The minimum absolute atomic E-state index is 0.123. The Morgan fingerprint density at radius 1 is 1.14 bits per heavy atom. The van der Waals surface area contributed by atoms with Gasteiger partial charge in [0.25, 0.3) is 0 Å². The number of hydrogen-bond donors (Lipinski definition) is 1. The first-order valence-electron chi connectivity index (χ1n) is 9.67. The molecule has 0 aliphatic carbocycles. The molecule has 0 spiro atoms. The van der Waals surface area contributed by atoms with E-state index in [1.54, 1.807) is 18.2 Å². The Balaban J connectivity index is 1.30. The first kappa shape index (κ1) is 19.5. The van der Waals surface area contributed by atoms with Gasteiger partial charge in [0.2, 0.25) is 0 Å². The molecule has 0 amide bonds. The minimum atomic E-state index is -0.366. The lowest BCUT2D eigenvalue weighted by Crippen LogP contribution is -2.37. The molecular weight excluding hydrogens is 376 g/mol. The molecule has 7 heteroatoms. The number of halogens is 2. The SMILES string of the molecule is Fc1ccc(CN2CCO[C@@H](c3cc(CCOc4ccccc4F)[nH]n3)C2)cc1. The van der Waals surface area contributed by atoms with E-state index in [1.165, 1.54) is 18.2 Å². The van der Waals surface area contributed by atoms with Gasteiger partial charge in [-0.1, -0.05) is 24.3 Å². The van der Waals surface area contributed by atoms with Crippen LogP contribution in [0.15, 0.2) is 54.6 Å². The molecule has 152 valence electrons. The predicted octanol–water partition coefficient (Wildman–Crippen LogP) is 3.88. The number of ether oxygens (including phenoxy) is 2. The summed E-state index contributed by atoms with van der Waals surface area (Å²) in [5.41, 5.74) is 2.82. The van der Waals surface area contributed by atoms with Crippen LogP contribution in [-0.2, 0) is 17.7 Å². The smallest absolute Gasteiger partial charge is 0.165 e. The number of H-pyrrole nitrogens is 1. The normalized spacial score (nSPS) is 17.4. The Morgan fingerprint density at radius 3 is 2.79 bits per heavy atom. The van der Waals surface area contributed by atoms with Gasteiger partial charge in [-0.05, 0) is 35.9 Å². The highest BCUT2D eigenvalue weighted by molar-refractivity contribution is 5.23. The third kappa shape index (κ3) is 5.19. The fraction of sp³-hybridized carbons (Fsp3) is 0.318. The number of nitrogens with one attached hydrogen (secondary N) is 1. The van der Waals surface area contributed by atoms with E-state index in [9.17, 15) is 8.78 Å². The summed E-state index contributed by atoms with van der Waals surface area (Å²) < 4.78 is 38.1. The van der Waals surface area contributed by atoms with Crippen molar-refractivity contribution >= 4 is 0 Å². The van der Waals surface area contributed by atoms with Crippen molar-refractivity contribution in [2.24, 2.45) is 0 Å². The van der Waals surface area contributed by atoms with E-state index in [0.717, 1.165) is 30.0 Å². The van der Waals surface area contributed by atoms with Crippen LogP contribution in [0.3, 0.4) is 0 Å². The third-order valence-electron chi connectivity index (χ3n) is 4.92. The van der Waals surface area contributed by atoms with Crippen LogP contribution in [-0.4, -0.2) is 41.4 Å². The maximum absolute atomic E-state index is 13.6. The van der Waals surface area contributed by atoms with Gasteiger partial charge < -0.3 is 9.47 Å². The van der Waals surface area contributed by atoms with E-state index in [2.05, 4.69) is 15.1 Å². The lowest BCUT2D eigenvalue weighted by atomic mass is 10.1. The molecule has 1 aliphatic rings. The number of aromatic nitrogens is 2. The highest BCUT2D eigenvalue weighted by Gasteiger charge is 2.24. The van der Waals surface area contributed by atoms with Crippen LogP contribution < -0.4 is 4.74 Å². The number of benzene rings is 2. The highest BCUT2D eigenvalue weighted by Crippen LogP contribution is 2.23. The van der Waals surface area contributed by atoms with Gasteiger partial charge >= 0.3 is 0 Å². The van der Waals surface area contributed by atoms with E-state index in [-0.39, 0.29) is 23.5 Å². The molecule has 2 heterocycles. The molecule has 1 fully saturated rings. The van der Waals surface area contributed by atoms with Crippen LogP contribution in [0.25, 0.3) is 0 Å². The molecule has 0 saturated carbocycles. The molecule has 1 saturated heterocycles. The Kier molecular flexibility index (Phi) is 6.17. The molecule has 1 aliphatic heterocycles. The fourth-order valence-electron chi connectivity index (χ4n) is 3.38. The number of rotatable bonds is 7. The molecule has 1 atom stereocenters. The average Bonchev–Trinajstić information content (AvgIpc) is 3.20. The summed E-state index contributed by atoms with van der Waals surface area (Å²) in [7, 11) is 0. The fourth-order valence-corrected chi connectivity index (χ4v) is 3.38. The molecule has 0 unspecified atom stereocenters. The van der Waals surface area contributed by atoms with Crippen LogP contribution in [0, 0.1) is 11.6 Å². The van der Waals surface area contributed by atoms with Gasteiger partial charge in [0.05, 0.1) is 18.9 Å². The lowest BCUT2D eigenvalue weighted by Gasteiger charge is -2.32. The molecular formula is C22H23F2N3O2. The Labute approximate surface area is 168 Å². The largest absolute Gasteiger partial charge is 0.490 e. The second-order valence-corrected chi connectivity index (χ2v) is 7.07. The molecule has 2 aromatic carbocycles. The molecule has 1 N–H and O–H groups in total. The van der Waals surface area contributed by atoms with Crippen LogP contribution >= 0.6 is 0 Å². The summed E-state index contributed by atoms with van der Waals surface area (Å²) in [5, 5.41) is 7.39. The number of para-hydroxylation sites is 1. The summed E-state index contributed by atoms with van der Waals surface area (Å²) in [6.45, 7) is 3.25. The van der Waals surface area contributed by atoms with E-state index in [1.807, 2.05) is 18.2 Å². The third-order valence-corrected chi connectivity index (χ3v) is 4.92. The summed E-state index contributed by atoms with van der Waals surface area (Å²) in [6.07, 6.45) is 0.467. The van der Waals surface area contributed by atoms with Crippen molar-refractivity contribution in [3.05, 3.63) is 83.2 Å². The van der Waals surface area contributed by atoms with Gasteiger partial charge in [-0.15, -0.1) is 0 Å². The second-order valence-electron chi connectivity index (χ2n) is 7.07. The minimum Gasteiger partial charge on any atom is -0.490 e. The van der Waals surface area contributed by atoms with Gasteiger partial charge in [-0.3, -0.25) is 10.00 Å². The summed E-state index contributed by atoms with van der Waals surface area (Å²) >= 11 is 0. The molecule has 5 nitrogen and oxygen atoms in total. The number of nitrogens with zero attached hydrogens (tertiary/aromatic N) is 2. The Bertz CT molecular complexity index is 930. The van der Waals surface area contributed by atoms with Crippen molar-refractivity contribution in [1.29, 1.82) is 0 Å². The Hall–Kier alpha value is -2.77. The highest BCUT2D eigenvalue weighted by atomic mass is 19.1. The van der Waals surface area contributed by atoms with Crippen molar-refractivity contribution in [2.45, 2.75) is 19.1 Å².